The fourth-order valence-corrected chi connectivity index (χ4v) is 3.40. The molecule has 1 fully saturated rings. The van der Waals surface area contributed by atoms with E-state index in [9.17, 15) is 18.0 Å². The number of halogens is 3. The molecule has 0 unspecified atom stereocenters. The fraction of sp³-hybridized carbons (Fsp3) is 0.278. The Bertz CT molecular complexity index is 976. The van der Waals surface area contributed by atoms with Crippen molar-refractivity contribution in [1.82, 2.24) is 15.5 Å². The van der Waals surface area contributed by atoms with Crippen LogP contribution in [0.25, 0.3) is 22.2 Å². The van der Waals surface area contributed by atoms with Gasteiger partial charge in [-0.3, -0.25) is 4.79 Å². The Morgan fingerprint density at radius 3 is 2.81 bits per heavy atom. The summed E-state index contributed by atoms with van der Waals surface area (Å²) in [5, 5.41) is 6.73. The van der Waals surface area contributed by atoms with E-state index in [-0.39, 0.29) is 23.3 Å². The number of hydrogen-bond donors (Lipinski definition) is 1. The molecule has 1 saturated carbocycles. The van der Waals surface area contributed by atoms with Gasteiger partial charge in [0.05, 0.1) is 17.0 Å². The quantitative estimate of drug-likeness (QED) is 0.693. The minimum atomic E-state index is -4.44. The number of hydrogen-bond acceptors (Lipinski definition) is 5. The maximum Gasteiger partial charge on any atom is 0.416 e. The first kappa shape index (κ1) is 17.7. The highest BCUT2D eigenvalue weighted by molar-refractivity contribution is 7.15. The number of thiophene rings is 1. The fourth-order valence-electron chi connectivity index (χ4n) is 2.53. The van der Waals surface area contributed by atoms with E-state index in [0.29, 0.717) is 17.2 Å². The van der Waals surface area contributed by atoms with E-state index >= 15 is 0 Å². The standard InChI is InChI=1S/C18H14F3N3O2S/c19-18(20,21)12-3-1-2-11(8-12)17-23-15(24-26-17)14-7-6-13(27-14)9-22-16(25)10-4-5-10/h1-3,6-8,10H,4-5,9H2,(H,22,25). The molecule has 1 amide bonds. The van der Waals surface area contributed by atoms with Crippen molar-refractivity contribution in [2.45, 2.75) is 25.6 Å². The predicted octanol–water partition coefficient (Wildman–Crippen LogP) is 4.51. The second-order valence-electron chi connectivity index (χ2n) is 6.26. The van der Waals surface area contributed by atoms with E-state index in [1.165, 1.54) is 23.5 Å². The number of carbonyl (C=O) groups is 1. The number of carbonyl (C=O) groups excluding carboxylic acids is 1. The van der Waals surface area contributed by atoms with Gasteiger partial charge in [-0.15, -0.1) is 11.3 Å². The highest BCUT2D eigenvalue weighted by atomic mass is 32.1. The minimum Gasteiger partial charge on any atom is -0.351 e. The van der Waals surface area contributed by atoms with Gasteiger partial charge in [0, 0.05) is 16.4 Å². The summed E-state index contributed by atoms with van der Waals surface area (Å²) < 4.78 is 43.7. The number of nitrogens with zero attached hydrogens (tertiary/aromatic N) is 2. The molecule has 2 heterocycles. The molecule has 5 nitrogen and oxygen atoms in total. The second kappa shape index (κ2) is 6.80. The molecule has 2 aromatic heterocycles. The van der Waals surface area contributed by atoms with Gasteiger partial charge in [-0.2, -0.15) is 18.2 Å². The van der Waals surface area contributed by atoms with E-state index in [1.807, 2.05) is 6.07 Å². The molecule has 0 aliphatic heterocycles. The lowest BCUT2D eigenvalue weighted by molar-refractivity contribution is -0.137. The Balaban J connectivity index is 1.49. The van der Waals surface area contributed by atoms with E-state index < -0.39 is 11.7 Å². The Morgan fingerprint density at radius 1 is 1.26 bits per heavy atom. The van der Waals surface area contributed by atoms with Gasteiger partial charge < -0.3 is 9.84 Å². The second-order valence-corrected chi connectivity index (χ2v) is 7.43. The molecule has 140 valence electrons. The van der Waals surface area contributed by atoms with Gasteiger partial charge in [0.2, 0.25) is 11.7 Å². The number of nitrogens with one attached hydrogen (secondary N) is 1. The zero-order valence-corrected chi connectivity index (χ0v) is 14.7. The first-order chi connectivity index (χ1) is 12.9. The van der Waals surface area contributed by atoms with Gasteiger partial charge in [0.25, 0.3) is 5.89 Å². The third kappa shape index (κ3) is 4.02. The summed E-state index contributed by atoms with van der Waals surface area (Å²) in [5.41, 5.74) is -0.568. The first-order valence-electron chi connectivity index (χ1n) is 8.28. The number of alkyl halides is 3. The SMILES string of the molecule is O=C(NCc1ccc(-c2noc(-c3cccc(C(F)(F)F)c3)n2)s1)C1CC1. The molecule has 1 aliphatic carbocycles. The van der Waals surface area contributed by atoms with Crippen LogP contribution in [0, 0.1) is 5.92 Å². The van der Waals surface area contributed by atoms with E-state index in [1.54, 1.807) is 6.07 Å². The van der Waals surface area contributed by atoms with Crippen LogP contribution >= 0.6 is 11.3 Å². The van der Waals surface area contributed by atoms with Crippen LogP contribution in [0.3, 0.4) is 0 Å². The lowest BCUT2D eigenvalue weighted by Crippen LogP contribution is -2.23. The molecular weight excluding hydrogens is 379 g/mol. The van der Waals surface area contributed by atoms with Crippen molar-refractivity contribution in [3.8, 4) is 22.2 Å². The van der Waals surface area contributed by atoms with Crippen LogP contribution in [0.5, 0.6) is 0 Å². The largest absolute Gasteiger partial charge is 0.416 e. The summed E-state index contributed by atoms with van der Waals surface area (Å²) in [5.74, 6) is 0.535. The highest BCUT2D eigenvalue weighted by Gasteiger charge is 2.31. The molecule has 9 heteroatoms. The van der Waals surface area contributed by atoms with Crippen molar-refractivity contribution < 1.29 is 22.5 Å². The molecule has 0 bridgehead atoms. The lowest BCUT2D eigenvalue weighted by Gasteiger charge is -2.06. The molecule has 27 heavy (non-hydrogen) atoms. The topological polar surface area (TPSA) is 68.0 Å². The molecule has 0 saturated heterocycles. The normalized spacial score (nSPS) is 14.3. The van der Waals surface area contributed by atoms with Crippen LogP contribution in [0.1, 0.15) is 23.3 Å². The Labute approximate surface area is 156 Å². The van der Waals surface area contributed by atoms with Crippen LogP contribution in [0.2, 0.25) is 0 Å². The molecule has 0 atom stereocenters. The maximum atomic E-state index is 12.8. The molecule has 3 aromatic rings. The zero-order valence-electron chi connectivity index (χ0n) is 13.9. The highest BCUT2D eigenvalue weighted by Crippen LogP contribution is 2.33. The predicted molar refractivity (Wildman–Crippen MR) is 92.6 cm³/mol. The van der Waals surface area contributed by atoms with Crippen molar-refractivity contribution in [3.05, 3.63) is 46.8 Å². The Morgan fingerprint density at radius 2 is 2.07 bits per heavy atom. The van der Waals surface area contributed by atoms with Gasteiger partial charge in [-0.25, -0.2) is 0 Å². The van der Waals surface area contributed by atoms with Gasteiger partial charge in [0.1, 0.15) is 0 Å². The van der Waals surface area contributed by atoms with E-state index in [0.717, 1.165) is 29.9 Å². The lowest BCUT2D eigenvalue weighted by atomic mass is 10.1. The summed E-state index contributed by atoms with van der Waals surface area (Å²) in [7, 11) is 0. The molecule has 1 aliphatic rings. The van der Waals surface area contributed by atoms with Gasteiger partial charge >= 0.3 is 6.18 Å². The zero-order chi connectivity index (χ0) is 19.0. The average Bonchev–Trinajstić information content (AvgIpc) is 3.19. The third-order valence-corrected chi connectivity index (χ3v) is 5.21. The van der Waals surface area contributed by atoms with Crippen molar-refractivity contribution in [3.63, 3.8) is 0 Å². The molecular formula is C18H14F3N3O2S. The average molecular weight is 393 g/mol. The van der Waals surface area contributed by atoms with Gasteiger partial charge in [0.15, 0.2) is 0 Å². The summed E-state index contributed by atoms with van der Waals surface area (Å²) >= 11 is 1.40. The Hall–Kier alpha value is -2.68. The summed E-state index contributed by atoms with van der Waals surface area (Å²) in [6.07, 6.45) is -2.54. The molecule has 1 N–H and O–H groups in total. The molecule has 4 rings (SSSR count). The molecule has 0 spiro atoms. The van der Waals surface area contributed by atoms with Crippen LogP contribution in [-0.2, 0) is 17.5 Å². The number of amides is 1. The maximum absolute atomic E-state index is 12.8. The summed E-state index contributed by atoms with van der Waals surface area (Å²) in [4.78, 5) is 17.5. The number of aromatic nitrogens is 2. The van der Waals surface area contributed by atoms with Crippen LogP contribution in [-0.4, -0.2) is 16.0 Å². The van der Waals surface area contributed by atoms with Gasteiger partial charge in [-0.1, -0.05) is 11.2 Å². The van der Waals surface area contributed by atoms with Crippen LogP contribution < -0.4 is 5.32 Å². The summed E-state index contributed by atoms with van der Waals surface area (Å²) in [6, 6.07) is 8.40. The minimum absolute atomic E-state index is 0.0214. The molecule has 1 aromatic carbocycles. The monoisotopic (exact) mass is 393 g/mol. The number of benzene rings is 1. The van der Waals surface area contributed by atoms with Crippen molar-refractivity contribution in [2.24, 2.45) is 5.92 Å². The molecule has 0 radical (unpaired) electrons. The number of rotatable bonds is 5. The van der Waals surface area contributed by atoms with Crippen LogP contribution in [0.15, 0.2) is 40.9 Å². The first-order valence-corrected chi connectivity index (χ1v) is 9.10. The van der Waals surface area contributed by atoms with E-state index in [2.05, 4.69) is 15.5 Å². The summed E-state index contributed by atoms with van der Waals surface area (Å²) in [6.45, 7) is 0.429. The smallest absolute Gasteiger partial charge is 0.351 e. The Kier molecular flexibility index (Phi) is 4.47. The third-order valence-electron chi connectivity index (χ3n) is 4.13. The van der Waals surface area contributed by atoms with Crippen molar-refractivity contribution >= 4 is 17.2 Å². The van der Waals surface area contributed by atoms with Crippen molar-refractivity contribution in [2.75, 3.05) is 0 Å². The van der Waals surface area contributed by atoms with E-state index in [4.69, 9.17) is 4.52 Å². The van der Waals surface area contributed by atoms with Gasteiger partial charge in [-0.05, 0) is 43.2 Å². The van der Waals surface area contributed by atoms with Crippen molar-refractivity contribution in [1.29, 1.82) is 0 Å². The van der Waals surface area contributed by atoms with Crippen LogP contribution in [0.4, 0.5) is 13.2 Å².